The van der Waals surface area contributed by atoms with Gasteiger partial charge in [-0.2, -0.15) is 0 Å². The summed E-state index contributed by atoms with van der Waals surface area (Å²) in [5.41, 5.74) is 2.19. The zero-order chi connectivity index (χ0) is 21.8. The van der Waals surface area contributed by atoms with Crippen molar-refractivity contribution >= 4 is 21.6 Å². The number of sulfonamides is 1. The van der Waals surface area contributed by atoms with E-state index >= 15 is 0 Å². The molecule has 1 amide bonds. The summed E-state index contributed by atoms with van der Waals surface area (Å²) in [6, 6.07) is 15.3. The third kappa shape index (κ3) is 4.61. The predicted octanol–water partition coefficient (Wildman–Crippen LogP) is 2.63. The number of benzene rings is 2. The number of hydrogen-bond donors (Lipinski definition) is 1. The third-order valence-electron chi connectivity index (χ3n) is 4.76. The van der Waals surface area contributed by atoms with Crippen LogP contribution in [0, 0.1) is 6.92 Å². The molecule has 0 saturated carbocycles. The van der Waals surface area contributed by atoms with Crippen LogP contribution >= 0.6 is 0 Å². The van der Waals surface area contributed by atoms with Gasteiger partial charge in [-0.05, 0) is 48.9 Å². The van der Waals surface area contributed by atoms with Gasteiger partial charge in [0.05, 0.1) is 5.69 Å². The number of hydrogen-bond acceptors (Lipinski definition) is 6. The van der Waals surface area contributed by atoms with Gasteiger partial charge < -0.3 is 14.8 Å². The van der Waals surface area contributed by atoms with E-state index in [9.17, 15) is 13.2 Å². The van der Waals surface area contributed by atoms with Crippen molar-refractivity contribution in [1.29, 1.82) is 0 Å². The molecule has 0 aliphatic carbocycles. The maximum absolute atomic E-state index is 13.2. The fourth-order valence-corrected chi connectivity index (χ4v) is 4.48. The van der Waals surface area contributed by atoms with Crippen molar-refractivity contribution in [3.8, 4) is 11.5 Å². The van der Waals surface area contributed by atoms with Crippen LogP contribution in [0.5, 0.6) is 11.5 Å². The smallest absolute Gasteiger partial charge is 0.266 e. The maximum Gasteiger partial charge on any atom is 0.266 e. The lowest BCUT2D eigenvalue weighted by Crippen LogP contribution is -2.40. The van der Waals surface area contributed by atoms with Crippen molar-refractivity contribution in [3.63, 3.8) is 0 Å². The molecule has 2 aromatic carbocycles. The molecule has 4 rings (SSSR count). The minimum Gasteiger partial charge on any atom is -0.454 e. The zero-order valence-electron chi connectivity index (χ0n) is 16.8. The predicted molar refractivity (Wildman–Crippen MR) is 114 cm³/mol. The lowest BCUT2D eigenvalue weighted by molar-refractivity contribution is -0.119. The summed E-state index contributed by atoms with van der Waals surface area (Å²) in [6.07, 6.45) is 2.76. The van der Waals surface area contributed by atoms with Crippen molar-refractivity contribution in [2.75, 3.05) is 17.6 Å². The molecular formula is C22H21N3O5S. The van der Waals surface area contributed by atoms with Crippen molar-refractivity contribution < 1.29 is 22.7 Å². The van der Waals surface area contributed by atoms with E-state index in [1.165, 1.54) is 18.5 Å². The average molecular weight is 439 g/mol. The number of carbonyl (C=O) groups is 1. The Bertz CT molecular complexity index is 1180. The minimum atomic E-state index is -3.98. The van der Waals surface area contributed by atoms with E-state index in [2.05, 4.69) is 10.3 Å². The van der Waals surface area contributed by atoms with Crippen LogP contribution < -0.4 is 19.1 Å². The first-order chi connectivity index (χ1) is 14.9. The molecule has 1 N–H and O–H groups in total. The zero-order valence-corrected chi connectivity index (χ0v) is 17.6. The van der Waals surface area contributed by atoms with Gasteiger partial charge in [0, 0.05) is 18.9 Å². The summed E-state index contributed by atoms with van der Waals surface area (Å²) in [4.78, 5) is 16.6. The Labute approximate surface area is 180 Å². The monoisotopic (exact) mass is 439 g/mol. The Balaban J connectivity index is 1.53. The summed E-state index contributed by atoms with van der Waals surface area (Å²) in [6.45, 7) is 1.93. The highest BCUT2D eigenvalue weighted by Crippen LogP contribution is 2.32. The summed E-state index contributed by atoms with van der Waals surface area (Å²) >= 11 is 0. The molecule has 9 heteroatoms. The highest BCUT2D eigenvalue weighted by atomic mass is 32.2. The first-order valence-corrected chi connectivity index (χ1v) is 11.0. The molecule has 0 atom stereocenters. The number of fused-ring (bicyclic) bond motifs is 1. The standard InChI is InChI=1S/C22H21N3O5S/c1-16-4-7-18(8-5-16)25(31(27,28)19-3-2-10-23-13-19)14-22(26)24-12-17-6-9-20-21(11-17)30-15-29-20/h2-11,13H,12,14-15H2,1H3,(H,24,26). The number of pyridine rings is 1. The molecule has 2 heterocycles. The second-order valence-electron chi connectivity index (χ2n) is 7.00. The number of carbonyl (C=O) groups excluding carboxylic acids is 1. The van der Waals surface area contributed by atoms with Crippen LogP contribution in [0.4, 0.5) is 5.69 Å². The highest BCUT2D eigenvalue weighted by Gasteiger charge is 2.27. The highest BCUT2D eigenvalue weighted by molar-refractivity contribution is 7.92. The molecule has 0 spiro atoms. The van der Waals surface area contributed by atoms with E-state index in [-0.39, 0.29) is 24.8 Å². The Hall–Kier alpha value is -3.59. The second kappa shape index (κ2) is 8.65. The number of anilines is 1. The number of nitrogens with one attached hydrogen (secondary N) is 1. The van der Waals surface area contributed by atoms with E-state index in [4.69, 9.17) is 9.47 Å². The van der Waals surface area contributed by atoms with Gasteiger partial charge in [-0.25, -0.2) is 8.42 Å². The summed E-state index contributed by atoms with van der Waals surface area (Å²) in [5.74, 6) is 0.834. The van der Waals surface area contributed by atoms with Gasteiger partial charge in [0.1, 0.15) is 11.4 Å². The third-order valence-corrected chi connectivity index (χ3v) is 6.52. The summed E-state index contributed by atoms with van der Waals surface area (Å²) in [7, 11) is -3.98. The molecule has 3 aromatic rings. The summed E-state index contributed by atoms with van der Waals surface area (Å²) < 4.78 is 38.2. The molecule has 0 bridgehead atoms. The normalized spacial score (nSPS) is 12.4. The summed E-state index contributed by atoms with van der Waals surface area (Å²) in [5, 5.41) is 2.77. The molecular weight excluding hydrogens is 418 g/mol. The lowest BCUT2D eigenvalue weighted by atomic mass is 10.2. The number of aromatic nitrogens is 1. The van der Waals surface area contributed by atoms with Crippen LogP contribution in [-0.2, 0) is 21.4 Å². The van der Waals surface area contributed by atoms with Crippen LogP contribution in [0.1, 0.15) is 11.1 Å². The maximum atomic E-state index is 13.2. The fourth-order valence-electron chi connectivity index (χ4n) is 3.09. The second-order valence-corrected chi connectivity index (χ2v) is 8.86. The fraction of sp³-hybridized carbons (Fsp3) is 0.182. The van der Waals surface area contributed by atoms with Crippen LogP contribution in [0.3, 0.4) is 0 Å². The minimum absolute atomic E-state index is 0.0131. The van der Waals surface area contributed by atoms with Gasteiger partial charge in [-0.3, -0.25) is 14.1 Å². The van der Waals surface area contributed by atoms with Crippen LogP contribution in [0.25, 0.3) is 0 Å². The average Bonchev–Trinajstić information content (AvgIpc) is 3.25. The Morgan fingerprint density at radius 1 is 1.10 bits per heavy atom. The van der Waals surface area contributed by atoms with Crippen molar-refractivity contribution in [3.05, 3.63) is 78.1 Å². The van der Waals surface area contributed by atoms with Crippen molar-refractivity contribution in [1.82, 2.24) is 10.3 Å². The molecule has 8 nitrogen and oxygen atoms in total. The SMILES string of the molecule is Cc1ccc(N(CC(=O)NCc2ccc3c(c2)OCO3)S(=O)(=O)c2cccnc2)cc1. The molecule has 160 valence electrons. The first-order valence-electron chi connectivity index (χ1n) is 9.58. The molecule has 1 aromatic heterocycles. The molecule has 0 unspecified atom stereocenters. The topological polar surface area (TPSA) is 97.8 Å². The van der Waals surface area contributed by atoms with Gasteiger partial charge in [0.25, 0.3) is 10.0 Å². The Kier molecular flexibility index (Phi) is 5.77. The number of nitrogens with zero attached hydrogens (tertiary/aromatic N) is 2. The van der Waals surface area contributed by atoms with E-state index < -0.39 is 15.9 Å². The molecule has 1 aliphatic heterocycles. The van der Waals surface area contributed by atoms with Crippen molar-refractivity contribution in [2.45, 2.75) is 18.4 Å². The van der Waals surface area contributed by atoms with Crippen LogP contribution in [0.15, 0.2) is 71.9 Å². The van der Waals surface area contributed by atoms with E-state index in [0.717, 1.165) is 15.4 Å². The van der Waals surface area contributed by atoms with E-state index in [0.29, 0.717) is 17.2 Å². The number of aryl methyl sites for hydroxylation is 1. The molecule has 31 heavy (non-hydrogen) atoms. The molecule has 0 radical (unpaired) electrons. The quantitative estimate of drug-likeness (QED) is 0.608. The van der Waals surface area contributed by atoms with Gasteiger partial charge in [-0.15, -0.1) is 0 Å². The largest absolute Gasteiger partial charge is 0.454 e. The van der Waals surface area contributed by atoms with Gasteiger partial charge in [0.15, 0.2) is 11.5 Å². The van der Waals surface area contributed by atoms with Gasteiger partial charge in [-0.1, -0.05) is 23.8 Å². The lowest BCUT2D eigenvalue weighted by Gasteiger charge is -2.24. The molecule has 0 fully saturated rings. The number of ether oxygens (including phenoxy) is 2. The number of rotatable bonds is 7. The van der Waals surface area contributed by atoms with Crippen LogP contribution in [-0.4, -0.2) is 32.6 Å². The Morgan fingerprint density at radius 2 is 1.87 bits per heavy atom. The van der Waals surface area contributed by atoms with Gasteiger partial charge >= 0.3 is 0 Å². The van der Waals surface area contributed by atoms with Crippen LogP contribution in [0.2, 0.25) is 0 Å². The number of amides is 1. The van der Waals surface area contributed by atoms with Crippen molar-refractivity contribution in [2.24, 2.45) is 0 Å². The molecule has 0 saturated heterocycles. The first kappa shape index (κ1) is 20.7. The van der Waals surface area contributed by atoms with Gasteiger partial charge in [0.2, 0.25) is 12.7 Å². The molecule has 1 aliphatic rings. The van der Waals surface area contributed by atoms with E-state index in [1.54, 1.807) is 42.5 Å². The van der Waals surface area contributed by atoms with E-state index in [1.807, 2.05) is 13.0 Å². The Morgan fingerprint density at radius 3 is 2.61 bits per heavy atom.